The Kier molecular flexibility index (Phi) is 2.33. The van der Waals surface area contributed by atoms with E-state index in [0.29, 0.717) is 0 Å². The van der Waals surface area contributed by atoms with Gasteiger partial charge >= 0.3 is 0 Å². The second-order valence-electron chi connectivity index (χ2n) is 4.02. The van der Waals surface area contributed by atoms with Gasteiger partial charge in [0.05, 0.1) is 29.7 Å². The lowest BCUT2D eigenvalue weighted by Crippen LogP contribution is -2.05. The lowest BCUT2D eigenvalue weighted by atomic mass is 10.2. The van der Waals surface area contributed by atoms with Crippen molar-refractivity contribution in [3.63, 3.8) is 0 Å². The highest BCUT2D eigenvalue weighted by molar-refractivity contribution is 5.89. The molecule has 2 N–H and O–H groups in total. The summed E-state index contributed by atoms with van der Waals surface area (Å²) in [6.07, 6.45) is 3.50. The molecule has 1 aromatic carbocycles. The van der Waals surface area contributed by atoms with Gasteiger partial charge in [0.25, 0.3) is 0 Å². The minimum atomic E-state index is 0.124. The summed E-state index contributed by atoms with van der Waals surface area (Å²) in [5.74, 6) is 0.918. The summed E-state index contributed by atoms with van der Waals surface area (Å²) >= 11 is 0. The van der Waals surface area contributed by atoms with Crippen LogP contribution in [0.4, 0.5) is 5.69 Å². The summed E-state index contributed by atoms with van der Waals surface area (Å²) in [4.78, 5) is 0. The number of nitrogens with zero attached hydrogens (tertiary/aromatic N) is 1. The number of hydrogen-bond acceptors (Lipinski definition) is 3. The van der Waals surface area contributed by atoms with Crippen LogP contribution in [0.15, 0.2) is 47.2 Å². The van der Waals surface area contributed by atoms with Crippen molar-refractivity contribution in [3.8, 4) is 0 Å². The summed E-state index contributed by atoms with van der Waals surface area (Å²) in [6.45, 7) is 2.06. The summed E-state index contributed by atoms with van der Waals surface area (Å²) in [6, 6.07) is 10.0. The average Bonchev–Trinajstić information content (AvgIpc) is 3.00. The fourth-order valence-corrected chi connectivity index (χ4v) is 1.93. The molecule has 17 heavy (non-hydrogen) atoms. The third-order valence-electron chi connectivity index (χ3n) is 2.82. The molecule has 0 spiro atoms. The lowest BCUT2D eigenvalue weighted by Gasteiger charge is -2.13. The van der Waals surface area contributed by atoms with Crippen LogP contribution in [0.25, 0.3) is 10.9 Å². The maximum absolute atomic E-state index is 5.37. The molecule has 0 amide bonds. The van der Waals surface area contributed by atoms with Crippen molar-refractivity contribution in [3.05, 3.63) is 48.6 Å². The number of aromatic amines is 1. The lowest BCUT2D eigenvalue weighted by molar-refractivity contribution is 0.491. The van der Waals surface area contributed by atoms with Gasteiger partial charge in [-0.3, -0.25) is 5.10 Å². The molecule has 0 radical (unpaired) electrons. The Hall–Kier alpha value is -2.23. The number of rotatable bonds is 3. The molecular weight excluding hydrogens is 214 g/mol. The number of fused-ring (bicyclic) bond motifs is 1. The van der Waals surface area contributed by atoms with E-state index in [-0.39, 0.29) is 6.04 Å². The van der Waals surface area contributed by atoms with E-state index in [4.69, 9.17) is 4.42 Å². The maximum atomic E-state index is 5.37. The fraction of sp³-hybridized carbons (Fsp3) is 0.154. The minimum absolute atomic E-state index is 0.124. The number of aromatic nitrogens is 2. The van der Waals surface area contributed by atoms with E-state index < -0.39 is 0 Å². The summed E-state index contributed by atoms with van der Waals surface area (Å²) in [5, 5.41) is 11.5. The molecule has 86 valence electrons. The maximum Gasteiger partial charge on any atom is 0.125 e. The predicted molar refractivity (Wildman–Crippen MR) is 66.8 cm³/mol. The number of benzene rings is 1. The number of furan rings is 1. The van der Waals surface area contributed by atoms with Crippen molar-refractivity contribution in [2.45, 2.75) is 13.0 Å². The SMILES string of the molecule is CC(Nc1cccc2cn[nH]c12)c1ccco1. The molecule has 2 aromatic heterocycles. The monoisotopic (exact) mass is 227 g/mol. The van der Waals surface area contributed by atoms with Crippen LogP contribution >= 0.6 is 0 Å². The van der Waals surface area contributed by atoms with Gasteiger partial charge < -0.3 is 9.73 Å². The number of hydrogen-bond donors (Lipinski definition) is 2. The molecule has 3 aromatic rings. The highest BCUT2D eigenvalue weighted by Crippen LogP contribution is 2.25. The highest BCUT2D eigenvalue weighted by atomic mass is 16.3. The fourth-order valence-electron chi connectivity index (χ4n) is 1.93. The molecule has 0 aliphatic heterocycles. The van der Waals surface area contributed by atoms with Crippen molar-refractivity contribution >= 4 is 16.6 Å². The first-order valence-electron chi connectivity index (χ1n) is 5.56. The molecule has 0 saturated heterocycles. The molecule has 0 bridgehead atoms. The molecule has 3 rings (SSSR count). The van der Waals surface area contributed by atoms with E-state index >= 15 is 0 Å². The molecule has 0 aliphatic rings. The molecule has 0 aliphatic carbocycles. The Morgan fingerprint density at radius 3 is 3.06 bits per heavy atom. The van der Waals surface area contributed by atoms with Crippen LogP contribution in [-0.2, 0) is 0 Å². The molecule has 1 unspecified atom stereocenters. The zero-order valence-corrected chi connectivity index (χ0v) is 9.47. The Morgan fingerprint density at radius 2 is 2.24 bits per heavy atom. The largest absolute Gasteiger partial charge is 0.467 e. The zero-order chi connectivity index (χ0) is 11.7. The first-order chi connectivity index (χ1) is 8.34. The molecule has 0 fully saturated rings. The van der Waals surface area contributed by atoms with Crippen LogP contribution in [0.3, 0.4) is 0 Å². The topological polar surface area (TPSA) is 53.9 Å². The van der Waals surface area contributed by atoms with Crippen molar-refractivity contribution in [1.29, 1.82) is 0 Å². The van der Waals surface area contributed by atoms with Crippen LogP contribution in [0.2, 0.25) is 0 Å². The second kappa shape index (κ2) is 3.97. The van der Waals surface area contributed by atoms with E-state index in [1.165, 1.54) is 0 Å². The number of nitrogens with one attached hydrogen (secondary N) is 2. The Morgan fingerprint density at radius 1 is 1.29 bits per heavy atom. The van der Waals surface area contributed by atoms with Gasteiger partial charge in [-0.05, 0) is 25.1 Å². The van der Waals surface area contributed by atoms with Crippen LogP contribution < -0.4 is 5.32 Å². The number of para-hydroxylation sites is 1. The number of anilines is 1. The van der Waals surface area contributed by atoms with Crippen LogP contribution in [-0.4, -0.2) is 10.2 Å². The van der Waals surface area contributed by atoms with Crippen molar-refractivity contribution in [2.24, 2.45) is 0 Å². The first-order valence-corrected chi connectivity index (χ1v) is 5.56. The van der Waals surface area contributed by atoms with Gasteiger partial charge in [-0.25, -0.2) is 0 Å². The summed E-state index contributed by atoms with van der Waals surface area (Å²) in [7, 11) is 0. The smallest absolute Gasteiger partial charge is 0.125 e. The quantitative estimate of drug-likeness (QED) is 0.721. The van der Waals surface area contributed by atoms with E-state index in [0.717, 1.165) is 22.4 Å². The van der Waals surface area contributed by atoms with E-state index in [1.54, 1.807) is 6.26 Å². The van der Waals surface area contributed by atoms with Crippen molar-refractivity contribution in [1.82, 2.24) is 10.2 Å². The molecule has 4 heteroatoms. The normalized spacial score (nSPS) is 12.8. The van der Waals surface area contributed by atoms with Crippen LogP contribution in [0, 0.1) is 0 Å². The Bertz CT molecular complexity index is 612. The van der Waals surface area contributed by atoms with Gasteiger partial charge in [0.15, 0.2) is 0 Å². The average molecular weight is 227 g/mol. The third kappa shape index (κ3) is 1.78. The van der Waals surface area contributed by atoms with E-state index in [1.807, 2.05) is 36.5 Å². The van der Waals surface area contributed by atoms with Crippen LogP contribution in [0.5, 0.6) is 0 Å². The van der Waals surface area contributed by atoms with E-state index in [2.05, 4.69) is 22.4 Å². The van der Waals surface area contributed by atoms with Gasteiger partial charge in [0.1, 0.15) is 5.76 Å². The highest BCUT2D eigenvalue weighted by Gasteiger charge is 2.10. The van der Waals surface area contributed by atoms with Crippen molar-refractivity contribution < 1.29 is 4.42 Å². The molecule has 0 saturated carbocycles. The van der Waals surface area contributed by atoms with Gasteiger partial charge in [0.2, 0.25) is 0 Å². The summed E-state index contributed by atoms with van der Waals surface area (Å²) in [5.41, 5.74) is 2.05. The van der Waals surface area contributed by atoms with Gasteiger partial charge in [-0.15, -0.1) is 0 Å². The minimum Gasteiger partial charge on any atom is -0.467 e. The Labute approximate surface area is 98.6 Å². The van der Waals surface area contributed by atoms with Gasteiger partial charge in [-0.2, -0.15) is 5.10 Å². The second-order valence-corrected chi connectivity index (χ2v) is 4.02. The first kappa shape index (κ1) is 9.96. The van der Waals surface area contributed by atoms with Crippen LogP contribution in [0.1, 0.15) is 18.7 Å². The summed E-state index contributed by atoms with van der Waals surface area (Å²) < 4.78 is 5.37. The number of H-pyrrole nitrogens is 1. The standard InChI is InChI=1S/C13H13N3O/c1-9(12-6-3-7-17-12)15-11-5-2-4-10-8-14-16-13(10)11/h2-9,15H,1H3,(H,14,16). The molecule has 2 heterocycles. The van der Waals surface area contributed by atoms with E-state index in [9.17, 15) is 0 Å². The third-order valence-corrected chi connectivity index (χ3v) is 2.82. The molecular formula is C13H13N3O. The Balaban J connectivity index is 1.92. The predicted octanol–water partition coefficient (Wildman–Crippen LogP) is 3.33. The van der Waals surface area contributed by atoms with Gasteiger partial charge in [-0.1, -0.05) is 12.1 Å². The molecule has 4 nitrogen and oxygen atoms in total. The van der Waals surface area contributed by atoms with Crippen molar-refractivity contribution in [2.75, 3.05) is 5.32 Å². The van der Waals surface area contributed by atoms with Gasteiger partial charge in [0, 0.05) is 5.39 Å². The zero-order valence-electron chi connectivity index (χ0n) is 9.47. The molecule has 1 atom stereocenters.